The Kier molecular flexibility index (Phi) is 5.05. The molecule has 1 atom stereocenters. The van der Waals surface area contributed by atoms with Crippen molar-refractivity contribution < 1.29 is 14.7 Å². The Morgan fingerprint density at radius 3 is 2.44 bits per heavy atom. The lowest BCUT2D eigenvalue weighted by atomic mass is 10.1. The molecule has 0 aliphatic heterocycles. The number of carboxylic acid groups (broad SMARTS) is 1. The van der Waals surface area contributed by atoms with Crippen LogP contribution in [-0.2, 0) is 16.0 Å². The van der Waals surface area contributed by atoms with E-state index in [1.165, 1.54) is 18.7 Å². The molecule has 0 aliphatic carbocycles. The van der Waals surface area contributed by atoms with Gasteiger partial charge in [0.15, 0.2) is 0 Å². The van der Waals surface area contributed by atoms with E-state index in [1.54, 1.807) is 0 Å². The number of Topliss-reactive ketones (excluding diaryl/α,β-unsaturated/α-hetero) is 1. The minimum absolute atomic E-state index is 0.0232. The molecular formula is C12H14O3S. The Labute approximate surface area is 98.9 Å². The SMILES string of the molecule is CC(=O)C(Cc1ccccc1)SCC(=O)O. The zero-order valence-corrected chi connectivity index (χ0v) is 9.87. The smallest absolute Gasteiger partial charge is 0.313 e. The van der Waals surface area contributed by atoms with Crippen LogP contribution in [-0.4, -0.2) is 27.9 Å². The second-order valence-electron chi connectivity index (χ2n) is 3.49. The van der Waals surface area contributed by atoms with Crippen molar-refractivity contribution in [2.45, 2.75) is 18.6 Å². The zero-order valence-electron chi connectivity index (χ0n) is 9.05. The summed E-state index contributed by atoms with van der Waals surface area (Å²) in [6, 6.07) is 9.62. The summed E-state index contributed by atoms with van der Waals surface area (Å²) >= 11 is 1.18. The lowest BCUT2D eigenvalue weighted by molar-refractivity contribution is -0.133. The van der Waals surface area contributed by atoms with Gasteiger partial charge in [0.05, 0.1) is 11.0 Å². The maximum Gasteiger partial charge on any atom is 0.313 e. The lowest BCUT2D eigenvalue weighted by Gasteiger charge is -2.11. The van der Waals surface area contributed by atoms with Crippen LogP contribution in [0.4, 0.5) is 0 Å². The average Bonchev–Trinajstić information content (AvgIpc) is 2.25. The van der Waals surface area contributed by atoms with Gasteiger partial charge in [0, 0.05) is 0 Å². The van der Waals surface area contributed by atoms with E-state index in [-0.39, 0.29) is 16.8 Å². The number of carbonyl (C=O) groups is 2. The van der Waals surface area contributed by atoms with Crippen LogP contribution in [0.1, 0.15) is 12.5 Å². The van der Waals surface area contributed by atoms with E-state index in [0.717, 1.165) is 5.56 Å². The monoisotopic (exact) mass is 238 g/mol. The summed E-state index contributed by atoms with van der Waals surface area (Å²) in [6.07, 6.45) is 0.591. The number of thioether (sulfide) groups is 1. The normalized spacial score (nSPS) is 12.1. The second-order valence-corrected chi connectivity index (χ2v) is 4.68. The van der Waals surface area contributed by atoms with Crippen LogP contribution < -0.4 is 0 Å². The maximum absolute atomic E-state index is 11.3. The fraction of sp³-hybridized carbons (Fsp3) is 0.333. The highest BCUT2D eigenvalue weighted by Crippen LogP contribution is 2.17. The molecule has 0 radical (unpaired) electrons. The molecule has 0 spiro atoms. The van der Waals surface area contributed by atoms with Crippen molar-refractivity contribution in [1.82, 2.24) is 0 Å². The fourth-order valence-electron chi connectivity index (χ4n) is 1.32. The number of rotatable bonds is 6. The van der Waals surface area contributed by atoms with Crippen molar-refractivity contribution >= 4 is 23.5 Å². The lowest BCUT2D eigenvalue weighted by Crippen LogP contribution is -2.19. The van der Waals surface area contributed by atoms with Crippen LogP contribution in [0.2, 0.25) is 0 Å². The summed E-state index contributed by atoms with van der Waals surface area (Å²) in [5.74, 6) is -0.892. The average molecular weight is 238 g/mol. The predicted octanol–water partition coefficient (Wildman–Crippen LogP) is 2.00. The minimum atomic E-state index is -0.885. The molecule has 1 unspecified atom stereocenters. The molecule has 0 aliphatic rings. The third-order valence-corrected chi connectivity index (χ3v) is 3.44. The Balaban J connectivity index is 2.58. The third kappa shape index (κ3) is 4.49. The summed E-state index contributed by atoms with van der Waals surface area (Å²) in [4.78, 5) is 21.8. The number of carboxylic acids is 1. The Bertz CT molecular complexity index is 362. The van der Waals surface area contributed by atoms with Crippen LogP contribution in [0, 0.1) is 0 Å². The van der Waals surface area contributed by atoms with Gasteiger partial charge < -0.3 is 5.11 Å². The van der Waals surface area contributed by atoms with Crippen molar-refractivity contribution in [1.29, 1.82) is 0 Å². The standard InChI is InChI=1S/C12H14O3S/c1-9(13)11(16-8-12(14)15)7-10-5-3-2-4-6-10/h2-6,11H,7-8H2,1H3,(H,14,15). The molecule has 3 nitrogen and oxygen atoms in total. The molecule has 0 bridgehead atoms. The Morgan fingerprint density at radius 1 is 1.31 bits per heavy atom. The maximum atomic E-state index is 11.3. The number of hydrogen-bond acceptors (Lipinski definition) is 3. The summed E-state index contributed by atoms with van der Waals surface area (Å²) < 4.78 is 0. The number of ketones is 1. The molecule has 0 amide bonds. The Morgan fingerprint density at radius 2 is 1.94 bits per heavy atom. The predicted molar refractivity (Wildman–Crippen MR) is 64.7 cm³/mol. The first-order valence-corrected chi connectivity index (χ1v) is 6.02. The molecule has 0 saturated heterocycles. The summed E-state index contributed by atoms with van der Waals surface area (Å²) in [6.45, 7) is 1.50. The molecule has 4 heteroatoms. The molecule has 1 rings (SSSR count). The summed E-state index contributed by atoms with van der Waals surface area (Å²) in [5.41, 5.74) is 1.06. The quantitative estimate of drug-likeness (QED) is 0.823. The summed E-state index contributed by atoms with van der Waals surface area (Å²) in [5, 5.41) is 8.31. The highest BCUT2D eigenvalue weighted by atomic mass is 32.2. The molecule has 0 heterocycles. The van der Waals surface area contributed by atoms with E-state index >= 15 is 0 Å². The van der Waals surface area contributed by atoms with E-state index in [2.05, 4.69) is 0 Å². The molecular weight excluding hydrogens is 224 g/mol. The van der Waals surface area contributed by atoms with Gasteiger partial charge in [-0.25, -0.2) is 0 Å². The van der Waals surface area contributed by atoms with Gasteiger partial charge in [-0.15, -0.1) is 11.8 Å². The van der Waals surface area contributed by atoms with Gasteiger partial charge >= 0.3 is 5.97 Å². The largest absolute Gasteiger partial charge is 0.481 e. The van der Waals surface area contributed by atoms with E-state index < -0.39 is 5.97 Å². The number of aliphatic carboxylic acids is 1. The van der Waals surface area contributed by atoms with Gasteiger partial charge in [-0.2, -0.15) is 0 Å². The third-order valence-electron chi connectivity index (χ3n) is 2.13. The van der Waals surface area contributed by atoms with E-state index in [1.807, 2.05) is 30.3 Å². The van der Waals surface area contributed by atoms with Crippen molar-refractivity contribution in [3.05, 3.63) is 35.9 Å². The van der Waals surface area contributed by atoms with Gasteiger partial charge in [0.2, 0.25) is 0 Å². The number of benzene rings is 1. The van der Waals surface area contributed by atoms with Crippen LogP contribution in [0.3, 0.4) is 0 Å². The summed E-state index contributed by atoms with van der Waals surface area (Å²) in [7, 11) is 0. The highest BCUT2D eigenvalue weighted by molar-refractivity contribution is 8.01. The van der Waals surface area contributed by atoms with E-state index in [0.29, 0.717) is 6.42 Å². The van der Waals surface area contributed by atoms with Crippen molar-refractivity contribution in [3.8, 4) is 0 Å². The molecule has 1 aromatic rings. The van der Waals surface area contributed by atoms with Crippen LogP contribution >= 0.6 is 11.8 Å². The molecule has 16 heavy (non-hydrogen) atoms. The number of hydrogen-bond donors (Lipinski definition) is 1. The molecule has 0 saturated carbocycles. The second kappa shape index (κ2) is 6.33. The van der Waals surface area contributed by atoms with Gasteiger partial charge in [-0.3, -0.25) is 9.59 Å². The first-order chi connectivity index (χ1) is 7.59. The molecule has 0 fully saturated rings. The first-order valence-electron chi connectivity index (χ1n) is 4.97. The van der Waals surface area contributed by atoms with Crippen LogP contribution in [0.15, 0.2) is 30.3 Å². The van der Waals surface area contributed by atoms with Gasteiger partial charge in [0.1, 0.15) is 5.78 Å². The zero-order chi connectivity index (χ0) is 12.0. The van der Waals surface area contributed by atoms with E-state index in [9.17, 15) is 9.59 Å². The van der Waals surface area contributed by atoms with Crippen LogP contribution in [0.25, 0.3) is 0 Å². The number of carbonyl (C=O) groups excluding carboxylic acids is 1. The van der Waals surface area contributed by atoms with Crippen molar-refractivity contribution in [2.24, 2.45) is 0 Å². The minimum Gasteiger partial charge on any atom is -0.481 e. The molecule has 86 valence electrons. The Hall–Kier alpha value is -1.29. The van der Waals surface area contributed by atoms with Gasteiger partial charge in [-0.1, -0.05) is 30.3 Å². The van der Waals surface area contributed by atoms with E-state index in [4.69, 9.17) is 5.11 Å². The topological polar surface area (TPSA) is 54.4 Å². The van der Waals surface area contributed by atoms with Gasteiger partial charge in [-0.05, 0) is 18.9 Å². The van der Waals surface area contributed by atoms with Crippen molar-refractivity contribution in [2.75, 3.05) is 5.75 Å². The fourth-order valence-corrected chi connectivity index (χ4v) is 2.21. The highest BCUT2D eigenvalue weighted by Gasteiger charge is 2.16. The first kappa shape index (κ1) is 12.8. The van der Waals surface area contributed by atoms with Gasteiger partial charge in [0.25, 0.3) is 0 Å². The molecule has 1 aromatic carbocycles. The van der Waals surface area contributed by atoms with Crippen LogP contribution in [0.5, 0.6) is 0 Å². The molecule has 0 aromatic heterocycles. The van der Waals surface area contributed by atoms with Crippen molar-refractivity contribution in [3.63, 3.8) is 0 Å². The molecule has 1 N–H and O–H groups in total.